The van der Waals surface area contributed by atoms with E-state index < -0.39 is 11.4 Å². The molecule has 90 valence electrons. The lowest BCUT2D eigenvalue weighted by Gasteiger charge is -2.23. The summed E-state index contributed by atoms with van der Waals surface area (Å²) in [7, 11) is 1.96. The fourth-order valence-corrected chi connectivity index (χ4v) is 1.32. The fourth-order valence-electron chi connectivity index (χ4n) is 1.32. The van der Waals surface area contributed by atoms with Crippen LogP contribution < -0.4 is 0 Å². The number of hydrogen-bond donors (Lipinski definition) is 1. The van der Waals surface area contributed by atoms with Gasteiger partial charge in [-0.05, 0) is 46.0 Å². The fraction of sp³-hybridized carbons (Fsp3) is 0.583. The van der Waals surface area contributed by atoms with Gasteiger partial charge in [-0.2, -0.15) is 0 Å². The molecule has 0 radical (unpaired) electrons. The predicted molar refractivity (Wildman–Crippen MR) is 61.1 cm³/mol. The third kappa shape index (κ3) is 3.70. The second kappa shape index (κ2) is 5.16. The molecule has 4 heteroatoms. The number of aliphatic carboxylic acids is 1. The Morgan fingerprint density at radius 2 is 2.25 bits per heavy atom. The highest BCUT2D eigenvalue weighted by atomic mass is 16.4. The van der Waals surface area contributed by atoms with Gasteiger partial charge in [0.2, 0.25) is 0 Å². The maximum Gasteiger partial charge on any atom is 0.309 e. The lowest BCUT2D eigenvalue weighted by atomic mass is 9.89. The quantitative estimate of drug-likeness (QED) is 0.806. The SMILES string of the molecule is CN(CCC(C)(C)C(=O)O)Cc1ccco1. The zero-order valence-corrected chi connectivity index (χ0v) is 10.1. The molecular formula is C12H19NO3. The molecule has 1 aromatic rings. The van der Waals surface area contributed by atoms with Crippen LogP contribution in [0.2, 0.25) is 0 Å². The van der Waals surface area contributed by atoms with Crippen molar-refractivity contribution in [1.82, 2.24) is 4.90 Å². The van der Waals surface area contributed by atoms with Crippen LogP contribution in [0.4, 0.5) is 0 Å². The Morgan fingerprint density at radius 3 is 2.75 bits per heavy atom. The lowest BCUT2D eigenvalue weighted by Crippen LogP contribution is -2.29. The first-order valence-corrected chi connectivity index (χ1v) is 5.36. The molecule has 0 fully saturated rings. The molecule has 0 unspecified atom stereocenters. The van der Waals surface area contributed by atoms with Crippen LogP contribution in [0.25, 0.3) is 0 Å². The van der Waals surface area contributed by atoms with Gasteiger partial charge in [-0.1, -0.05) is 0 Å². The number of carboxylic acid groups (broad SMARTS) is 1. The number of carboxylic acids is 1. The van der Waals surface area contributed by atoms with Gasteiger partial charge in [0.1, 0.15) is 5.76 Å². The van der Waals surface area contributed by atoms with Crippen LogP contribution in [-0.2, 0) is 11.3 Å². The normalized spacial score (nSPS) is 12.0. The number of nitrogens with zero attached hydrogens (tertiary/aromatic N) is 1. The van der Waals surface area contributed by atoms with E-state index in [-0.39, 0.29) is 0 Å². The number of rotatable bonds is 6. The standard InChI is InChI=1S/C12H19NO3/c1-12(2,11(14)15)6-7-13(3)9-10-5-4-8-16-10/h4-5,8H,6-7,9H2,1-3H3,(H,14,15). The van der Waals surface area contributed by atoms with E-state index in [0.717, 1.165) is 12.3 Å². The van der Waals surface area contributed by atoms with Crippen LogP contribution in [0, 0.1) is 5.41 Å². The van der Waals surface area contributed by atoms with Crippen molar-refractivity contribution in [2.24, 2.45) is 5.41 Å². The summed E-state index contributed by atoms with van der Waals surface area (Å²) in [5.74, 6) is 0.148. The number of furan rings is 1. The van der Waals surface area contributed by atoms with Crippen molar-refractivity contribution in [3.8, 4) is 0 Å². The Kier molecular flexibility index (Phi) is 4.12. The molecule has 0 atom stereocenters. The van der Waals surface area contributed by atoms with Crippen LogP contribution in [0.3, 0.4) is 0 Å². The summed E-state index contributed by atoms with van der Waals surface area (Å²) < 4.78 is 5.23. The minimum atomic E-state index is -0.751. The van der Waals surface area contributed by atoms with Gasteiger partial charge in [0.05, 0.1) is 18.2 Å². The van der Waals surface area contributed by atoms with Gasteiger partial charge in [0.15, 0.2) is 0 Å². The van der Waals surface area contributed by atoms with E-state index in [9.17, 15) is 4.79 Å². The smallest absolute Gasteiger partial charge is 0.309 e. The van der Waals surface area contributed by atoms with Crippen molar-refractivity contribution >= 4 is 5.97 Å². The summed E-state index contributed by atoms with van der Waals surface area (Å²) in [6.07, 6.45) is 2.27. The van der Waals surface area contributed by atoms with Crippen LogP contribution >= 0.6 is 0 Å². The highest BCUT2D eigenvalue weighted by Gasteiger charge is 2.26. The zero-order chi connectivity index (χ0) is 12.2. The lowest BCUT2D eigenvalue weighted by molar-refractivity contribution is -0.147. The molecule has 0 bridgehead atoms. The van der Waals surface area contributed by atoms with Gasteiger partial charge >= 0.3 is 5.97 Å². The molecule has 4 nitrogen and oxygen atoms in total. The average Bonchev–Trinajstić information content (AvgIpc) is 2.67. The van der Waals surface area contributed by atoms with E-state index in [0.29, 0.717) is 13.0 Å². The van der Waals surface area contributed by atoms with Gasteiger partial charge in [-0.25, -0.2) is 0 Å². The number of carbonyl (C=O) groups is 1. The van der Waals surface area contributed by atoms with E-state index in [4.69, 9.17) is 9.52 Å². The topological polar surface area (TPSA) is 53.7 Å². The van der Waals surface area contributed by atoms with Crippen LogP contribution in [0.5, 0.6) is 0 Å². The molecule has 0 amide bonds. The molecule has 0 saturated heterocycles. The molecule has 1 rings (SSSR count). The Morgan fingerprint density at radius 1 is 1.56 bits per heavy atom. The van der Waals surface area contributed by atoms with E-state index in [2.05, 4.69) is 4.90 Å². The minimum absolute atomic E-state index is 0.625. The second-order valence-corrected chi connectivity index (χ2v) is 4.76. The summed E-state index contributed by atoms with van der Waals surface area (Å²) in [6.45, 7) is 4.94. The second-order valence-electron chi connectivity index (χ2n) is 4.76. The molecule has 0 aliphatic rings. The monoisotopic (exact) mass is 225 g/mol. The van der Waals surface area contributed by atoms with Crippen LogP contribution in [0.15, 0.2) is 22.8 Å². The summed E-state index contributed by atoms with van der Waals surface area (Å²) >= 11 is 0. The highest BCUT2D eigenvalue weighted by Crippen LogP contribution is 2.20. The van der Waals surface area contributed by atoms with Crippen molar-refractivity contribution in [3.63, 3.8) is 0 Å². The van der Waals surface area contributed by atoms with E-state index in [1.165, 1.54) is 0 Å². The zero-order valence-electron chi connectivity index (χ0n) is 10.1. The summed E-state index contributed by atoms with van der Waals surface area (Å²) in [6, 6.07) is 3.77. The largest absolute Gasteiger partial charge is 0.481 e. The summed E-state index contributed by atoms with van der Waals surface area (Å²) in [5, 5.41) is 8.97. The molecule has 0 aromatic carbocycles. The van der Waals surface area contributed by atoms with Crippen molar-refractivity contribution in [1.29, 1.82) is 0 Å². The first kappa shape index (κ1) is 12.8. The van der Waals surface area contributed by atoms with Gasteiger partial charge in [-0.3, -0.25) is 9.69 Å². The van der Waals surface area contributed by atoms with Gasteiger partial charge in [0, 0.05) is 0 Å². The first-order valence-electron chi connectivity index (χ1n) is 5.36. The molecule has 1 aromatic heterocycles. The predicted octanol–water partition coefficient (Wildman–Crippen LogP) is 2.21. The van der Waals surface area contributed by atoms with E-state index in [1.54, 1.807) is 20.1 Å². The van der Waals surface area contributed by atoms with Crippen LogP contribution in [-0.4, -0.2) is 29.6 Å². The molecule has 0 aliphatic heterocycles. The highest BCUT2D eigenvalue weighted by molar-refractivity contribution is 5.73. The summed E-state index contributed by atoms with van der Waals surface area (Å²) in [4.78, 5) is 13.0. The van der Waals surface area contributed by atoms with Crippen molar-refractivity contribution in [2.45, 2.75) is 26.8 Å². The van der Waals surface area contributed by atoms with Crippen molar-refractivity contribution in [3.05, 3.63) is 24.2 Å². The van der Waals surface area contributed by atoms with Gasteiger partial charge < -0.3 is 9.52 Å². The maximum atomic E-state index is 10.9. The molecule has 1 N–H and O–H groups in total. The molecule has 0 saturated carbocycles. The van der Waals surface area contributed by atoms with Crippen molar-refractivity contribution < 1.29 is 14.3 Å². The molecule has 16 heavy (non-hydrogen) atoms. The maximum absolute atomic E-state index is 10.9. The first-order chi connectivity index (χ1) is 7.42. The molecule has 0 spiro atoms. The van der Waals surface area contributed by atoms with Gasteiger partial charge in [0.25, 0.3) is 0 Å². The van der Waals surface area contributed by atoms with E-state index in [1.807, 2.05) is 19.2 Å². The minimum Gasteiger partial charge on any atom is -0.481 e. The molecular weight excluding hydrogens is 206 g/mol. The average molecular weight is 225 g/mol. The third-order valence-electron chi connectivity index (χ3n) is 2.70. The number of hydrogen-bond acceptors (Lipinski definition) is 3. The Balaban J connectivity index is 2.35. The Hall–Kier alpha value is -1.29. The van der Waals surface area contributed by atoms with Crippen LogP contribution in [0.1, 0.15) is 26.0 Å². The molecule has 0 aliphatic carbocycles. The van der Waals surface area contributed by atoms with Gasteiger partial charge in [-0.15, -0.1) is 0 Å². The van der Waals surface area contributed by atoms with E-state index >= 15 is 0 Å². The Bertz CT molecular complexity index is 330. The summed E-state index contributed by atoms with van der Waals surface area (Å²) in [5.41, 5.74) is -0.669. The van der Waals surface area contributed by atoms with Crippen molar-refractivity contribution in [2.75, 3.05) is 13.6 Å². The Labute approximate surface area is 95.9 Å². The third-order valence-corrected chi connectivity index (χ3v) is 2.70. The molecule has 1 heterocycles.